The van der Waals surface area contributed by atoms with Gasteiger partial charge in [-0.1, -0.05) is 20.8 Å². The summed E-state index contributed by atoms with van der Waals surface area (Å²) in [5.41, 5.74) is 4.35. The second-order valence-corrected chi connectivity index (χ2v) is 6.75. The minimum absolute atomic E-state index is 0.102. The van der Waals surface area contributed by atoms with Crippen LogP contribution in [0.1, 0.15) is 48.0 Å². The monoisotopic (exact) mass is 287 g/mol. The van der Waals surface area contributed by atoms with Crippen LogP contribution >= 0.6 is 0 Å². The van der Waals surface area contributed by atoms with E-state index < -0.39 is 35.6 Å². The molecular weight excluding hydrogens is 262 g/mol. The molecule has 20 heavy (non-hydrogen) atoms. The number of carbonyl (C=O) groups is 3. The van der Waals surface area contributed by atoms with Gasteiger partial charge in [0.05, 0.1) is 5.41 Å². The number of esters is 2. The van der Waals surface area contributed by atoms with Crippen LogP contribution in [0.5, 0.6) is 0 Å². The van der Waals surface area contributed by atoms with E-state index in [0.717, 1.165) is 0 Å². The number of ketones is 1. The zero-order valence-corrected chi connectivity index (χ0v) is 13.1. The van der Waals surface area contributed by atoms with E-state index in [4.69, 9.17) is 15.2 Å². The Morgan fingerprint density at radius 2 is 1.45 bits per heavy atom. The SMILES string of the molecule is CC(C)(C)C(=O)C[C@@H](N)C(=O)OCOC(=O)C(C)(C)C. The Hall–Kier alpha value is -1.43. The Labute approximate surface area is 120 Å². The van der Waals surface area contributed by atoms with E-state index in [1.165, 1.54) is 0 Å². The van der Waals surface area contributed by atoms with Crippen molar-refractivity contribution in [1.82, 2.24) is 0 Å². The molecule has 0 spiro atoms. The van der Waals surface area contributed by atoms with Gasteiger partial charge >= 0.3 is 11.9 Å². The molecule has 0 aromatic carbocycles. The van der Waals surface area contributed by atoms with Gasteiger partial charge in [-0.05, 0) is 20.8 Å². The van der Waals surface area contributed by atoms with Crippen LogP contribution in [0.4, 0.5) is 0 Å². The first-order valence-electron chi connectivity index (χ1n) is 6.48. The molecule has 1 atom stereocenters. The molecule has 0 rings (SSSR count). The van der Waals surface area contributed by atoms with Gasteiger partial charge in [-0.3, -0.25) is 14.4 Å². The van der Waals surface area contributed by atoms with Crippen LogP contribution < -0.4 is 5.73 Å². The summed E-state index contributed by atoms with van der Waals surface area (Å²) in [6, 6.07) is -1.05. The number of rotatable bonds is 5. The van der Waals surface area contributed by atoms with Gasteiger partial charge in [-0.15, -0.1) is 0 Å². The lowest BCUT2D eigenvalue weighted by molar-refractivity contribution is -0.174. The first-order chi connectivity index (χ1) is 8.85. The second-order valence-electron chi connectivity index (χ2n) is 6.75. The Morgan fingerprint density at radius 1 is 0.950 bits per heavy atom. The summed E-state index contributed by atoms with van der Waals surface area (Å²) in [6.07, 6.45) is -0.102. The van der Waals surface area contributed by atoms with Crippen LogP contribution in [-0.2, 0) is 23.9 Å². The summed E-state index contributed by atoms with van der Waals surface area (Å²) in [4.78, 5) is 34.7. The summed E-state index contributed by atoms with van der Waals surface area (Å²) in [6.45, 7) is 9.81. The predicted octanol–water partition coefficient (Wildman–Crippen LogP) is 1.41. The highest BCUT2D eigenvalue weighted by Gasteiger charge is 2.28. The molecule has 0 radical (unpaired) electrons. The summed E-state index contributed by atoms with van der Waals surface area (Å²) >= 11 is 0. The molecule has 0 aliphatic rings. The third kappa shape index (κ3) is 6.65. The van der Waals surface area contributed by atoms with E-state index in [1.54, 1.807) is 41.5 Å². The number of ether oxygens (including phenoxy) is 2. The van der Waals surface area contributed by atoms with Gasteiger partial charge in [0.1, 0.15) is 11.8 Å². The van der Waals surface area contributed by atoms with E-state index >= 15 is 0 Å². The molecule has 0 saturated heterocycles. The highest BCUT2D eigenvalue weighted by molar-refractivity contribution is 5.89. The van der Waals surface area contributed by atoms with Crippen LogP contribution in [0, 0.1) is 10.8 Å². The zero-order chi connectivity index (χ0) is 16.1. The number of hydrogen-bond donors (Lipinski definition) is 1. The van der Waals surface area contributed by atoms with Gasteiger partial charge in [0.25, 0.3) is 0 Å². The van der Waals surface area contributed by atoms with Crippen LogP contribution in [0.2, 0.25) is 0 Å². The third-order valence-electron chi connectivity index (χ3n) is 2.55. The smallest absolute Gasteiger partial charge is 0.326 e. The predicted molar refractivity (Wildman–Crippen MR) is 73.6 cm³/mol. The van der Waals surface area contributed by atoms with Crippen molar-refractivity contribution in [3.05, 3.63) is 0 Å². The lowest BCUT2D eigenvalue weighted by Gasteiger charge is -2.19. The zero-order valence-electron chi connectivity index (χ0n) is 13.1. The van der Waals surface area contributed by atoms with Crippen molar-refractivity contribution in [2.75, 3.05) is 6.79 Å². The molecule has 0 heterocycles. The van der Waals surface area contributed by atoms with Gasteiger partial charge in [0.15, 0.2) is 0 Å². The molecule has 0 aromatic heterocycles. The molecular formula is C14H25NO5. The summed E-state index contributed by atoms with van der Waals surface area (Å²) in [5, 5.41) is 0. The topological polar surface area (TPSA) is 95.7 Å². The van der Waals surface area contributed by atoms with E-state index in [9.17, 15) is 14.4 Å². The van der Waals surface area contributed by atoms with Gasteiger partial charge in [-0.2, -0.15) is 0 Å². The van der Waals surface area contributed by atoms with Gasteiger partial charge in [0, 0.05) is 11.8 Å². The molecule has 0 amide bonds. The quantitative estimate of drug-likeness (QED) is 0.606. The van der Waals surface area contributed by atoms with Crippen LogP contribution in [0.15, 0.2) is 0 Å². The van der Waals surface area contributed by atoms with Gasteiger partial charge in [0.2, 0.25) is 6.79 Å². The average molecular weight is 287 g/mol. The number of Topliss-reactive ketones (excluding diaryl/α,β-unsaturated/α-hetero) is 1. The molecule has 2 N–H and O–H groups in total. The van der Waals surface area contributed by atoms with E-state index in [2.05, 4.69) is 0 Å². The van der Waals surface area contributed by atoms with Crippen molar-refractivity contribution in [3.63, 3.8) is 0 Å². The van der Waals surface area contributed by atoms with Gasteiger partial charge in [-0.25, -0.2) is 0 Å². The standard InChI is InChI=1S/C14H25NO5/c1-13(2,3)10(16)7-9(15)11(17)19-8-20-12(18)14(4,5)6/h9H,7-8,15H2,1-6H3/t9-/m1/s1. The number of carbonyl (C=O) groups excluding carboxylic acids is 3. The van der Waals surface area contributed by atoms with Crippen molar-refractivity contribution in [2.45, 2.75) is 54.0 Å². The lowest BCUT2D eigenvalue weighted by atomic mass is 9.87. The van der Waals surface area contributed by atoms with Crippen molar-refractivity contribution < 1.29 is 23.9 Å². The van der Waals surface area contributed by atoms with E-state index in [1.807, 2.05) is 0 Å². The van der Waals surface area contributed by atoms with Crippen LogP contribution in [0.25, 0.3) is 0 Å². The molecule has 6 nitrogen and oxygen atoms in total. The first kappa shape index (κ1) is 18.6. The van der Waals surface area contributed by atoms with Crippen molar-refractivity contribution in [2.24, 2.45) is 16.6 Å². The fraction of sp³-hybridized carbons (Fsp3) is 0.786. The normalized spacial score (nSPS) is 13.6. The van der Waals surface area contributed by atoms with Crippen LogP contribution in [-0.4, -0.2) is 30.6 Å². The summed E-state index contributed by atoms with van der Waals surface area (Å²) < 4.78 is 9.50. The Balaban J connectivity index is 4.17. The largest absolute Gasteiger partial charge is 0.427 e. The average Bonchev–Trinajstić information content (AvgIpc) is 2.25. The van der Waals surface area contributed by atoms with Gasteiger partial charge < -0.3 is 15.2 Å². The molecule has 0 unspecified atom stereocenters. The van der Waals surface area contributed by atoms with Crippen LogP contribution in [0.3, 0.4) is 0 Å². The summed E-state index contributed by atoms with van der Waals surface area (Å²) in [5.74, 6) is -1.37. The van der Waals surface area contributed by atoms with Crippen molar-refractivity contribution in [3.8, 4) is 0 Å². The molecule has 0 bridgehead atoms. The Bertz CT molecular complexity index is 376. The van der Waals surface area contributed by atoms with E-state index in [-0.39, 0.29) is 12.2 Å². The highest BCUT2D eigenvalue weighted by atomic mass is 16.7. The highest BCUT2D eigenvalue weighted by Crippen LogP contribution is 2.18. The maximum absolute atomic E-state index is 11.7. The molecule has 6 heteroatoms. The fourth-order valence-corrected chi connectivity index (χ4v) is 1.05. The van der Waals surface area contributed by atoms with Crippen molar-refractivity contribution >= 4 is 17.7 Å². The molecule has 0 saturated carbocycles. The minimum Gasteiger partial charge on any atom is -0.427 e. The molecule has 0 aliphatic heterocycles. The van der Waals surface area contributed by atoms with E-state index in [0.29, 0.717) is 0 Å². The Morgan fingerprint density at radius 3 is 1.85 bits per heavy atom. The molecule has 116 valence electrons. The minimum atomic E-state index is -1.05. The lowest BCUT2D eigenvalue weighted by Crippen LogP contribution is -2.38. The Kier molecular flexibility index (Phi) is 6.34. The first-order valence-corrected chi connectivity index (χ1v) is 6.48. The fourth-order valence-electron chi connectivity index (χ4n) is 1.05. The number of nitrogens with two attached hydrogens (primary N) is 1. The van der Waals surface area contributed by atoms with Crippen molar-refractivity contribution in [1.29, 1.82) is 0 Å². The molecule has 0 aromatic rings. The molecule has 0 fully saturated rings. The molecule has 0 aliphatic carbocycles. The number of hydrogen-bond acceptors (Lipinski definition) is 6. The maximum Gasteiger partial charge on any atom is 0.326 e. The maximum atomic E-state index is 11.7. The summed E-state index contributed by atoms with van der Waals surface area (Å²) in [7, 11) is 0. The second kappa shape index (κ2) is 6.83. The third-order valence-corrected chi connectivity index (χ3v) is 2.55.